The van der Waals surface area contributed by atoms with E-state index in [-0.39, 0.29) is 5.75 Å². The number of halogens is 1. The molecule has 0 aliphatic heterocycles. The molecule has 65 valence electrons. The van der Waals surface area contributed by atoms with Gasteiger partial charge in [-0.2, -0.15) is 8.42 Å². The summed E-state index contributed by atoms with van der Waals surface area (Å²) in [5.41, 5.74) is 0. The van der Waals surface area contributed by atoms with Gasteiger partial charge in [0, 0.05) is 6.07 Å². The van der Waals surface area contributed by atoms with Crippen molar-refractivity contribution in [1.29, 1.82) is 0 Å². The third kappa shape index (κ3) is 3.11. The Kier molecular flexibility index (Phi) is 2.59. The molecular formula is C7H6ClO3S. The quantitative estimate of drug-likeness (QED) is 0.687. The van der Waals surface area contributed by atoms with E-state index in [9.17, 15) is 8.42 Å². The smallest absolute Gasteiger partial charge is 0.306 e. The highest BCUT2D eigenvalue weighted by molar-refractivity contribution is 7.86. The van der Waals surface area contributed by atoms with Gasteiger partial charge in [-0.15, -0.1) is 0 Å². The third-order valence-corrected chi connectivity index (χ3v) is 1.68. The van der Waals surface area contributed by atoms with Crippen LogP contribution >= 0.6 is 11.6 Å². The first-order chi connectivity index (χ1) is 5.47. The van der Waals surface area contributed by atoms with Crippen molar-refractivity contribution < 1.29 is 12.6 Å². The first-order valence-corrected chi connectivity index (χ1v) is 5.24. The van der Waals surface area contributed by atoms with Crippen molar-refractivity contribution in [2.45, 2.75) is 0 Å². The van der Waals surface area contributed by atoms with Crippen LogP contribution in [0.2, 0.25) is 5.02 Å². The highest BCUT2D eigenvalue weighted by Gasteiger charge is 2.03. The number of rotatable bonds is 2. The molecule has 12 heavy (non-hydrogen) atoms. The fraction of sp³-hybridized carbons (Fsp3) is 0.143. The van der Waals surface area contributed by atoms with E-state index in [0.29, 0.717) is 5.02 Å². The molecule has 1 aromatic rings. The van der Waals surface area contributed by atoms with Gasteiger partial charge in [0.2, 0.25) is 0 Å². The molecule has 1 radical (unpaired) electrons. The van der Waals surface area contributed by atoms with E-state index in [1.165, 1.54) is 6.07 Å². The zero-order chi connectivity index (χ0) is 9.19. The third-order valence-electron chi connectivity index (χ3n) is 0.974. The van der Waals surface area contributed by atoms with Crippen LogP contribution in [0.5, 0.6) is 5.75 Å². The molecule has 5 heteroatoms. The van der Waals surface area contributed by atoms with Crippen LogP contribution < -0.4 is 4.18 Å². The molecule has 0 fully saturated rings. The molecule has 1 rings (SSSR count). The summed E-state index contributed by atoms with van der Waals surface area (Å²) in [5, 5.41) is 0.316. The average Bonchev–Trinajstić information content (AvgIpc) is 1.82. The highest BCUT2D eigenvalue weighted by Crippen LogP contribution is 2.16. The van der Waals surface area contributed by atoms with Gasteiger partial charge >= 0.3 is 10.1 Å². The second-order valence-electron chi connectivity index (χ2n) is 2.15. The molecule has 0 atom stereocenters. The van der Waals surface area contributed by atoms with Crippen LogP contribution in [-0.4, -0.2) is 14.7 Å². The highest BCUT2D eigenvalue weighted by atomic mass is 35.5. The molecule has 0 unspecified atom stereocenters. The summed E-state index contributed by atoms with van der Waals surface area (Å²) in [4.78, 5) is 0. The van der Waals surface area contributed by atoms with Gasteiger partial charge in [-0.05, 0) is 12.1 Å². The Morgan fingerprint density at radius 2 is 2.17 bits per heavy atom. The maximum absolute atomic E-state index is 10.6. The van der Waals surface area contributed by atoms with Crippen molar-refractivity contribution in [2.24, 2.45) is 0 Å². The molecule has 1 aromatic carbocycles. The van der Waals surface area contributed by atoms with Crippen LogP contribution in [0.3, 0.4) is 0 Å². The van der Waals surface area contributed by atoms with E-state index >= 15 is 0 Å². The molecule has 0 spiro atoms. The average molecular weight is 206 g/mol. The van der Waals surface area contributed by atoms with Crippen LogP contribution in [0, 0.1) is 6.07 Å². The van der Waals surface area contributed by atoms with Crippen LogP contribution in [0.1, 0.15) is 0 Å². The van der Waals surface area contributed by atoms with Gasteiger partial charge < -0.3 is 4.18 Å². The number of hydrogen-bond acceptors (Lipinski definition) is 3. The molecule has 3 nitrogen and oxygen atoms in total. The summed E-state index contributed by atoms with van der Waals surface area (Å²) in [6, 6.07) is 7.16. The van der Waals surface area contributed by atoms with Gasteiger partial charge in [-0.25, -0.2) is 0 Å². The zero-order valence-corrected chi connectivity index (χ0v) is 7.82. The van der Waals surface area contributed by atoms with E-state index in [2.05, 4.69) is 10.2 Å². The first-order valence-electron chi connectivity index (χ1n) is 3.05. The van der Waals surface area contributed by atoms with E-state index in [1.807, 2.05) is 0 Å². The van der Waals surface area contributed by atoms with E-state index in [0.717, 1.165) is 6.26 Å². The van der Waals surface area contributed by atoms with Crippen molar-refractivity contribution in [3.05, 3.63) is 29.3 Å². The van der Waals surface area contributed by atoms with E-state index in [4.69, 9.17) is 11.6 Å². The van der Waals surface area contributed by atoms with Gasteiger partial charge in [-0.1, -0.05) is 17.7 Å². The Labute approximate surface area is 76.0 Å². The monoisotopic (exact) mass is 205 g/mol. The van der Waals surface area contributed by atoms with Crippen molar-refractivity contribution in [3.8, 4) is 5.75 Å². The van der Waals surface area contributed by atoms with Crippen LogP contribution in [0.25, 0.3) is 0 Å². The van der Waals surface area contributed by atoms with Gasteiger partial charge in [-0.3, -0.25) is 0 Å². The van der Waals surface area contributed by atoms with Gasteiger partial charge in [0.25, 0.3) is 0 Å². The summed E-state index contributed by atoms with van der Waals surface area (Å²) in [7, 11) is -3.48. The van der Waals surface area contributed by atoms with Crippen molar-refractivity contribution >= 4 is 21.7 Å². The predicted molar refractivity (Wildman–Crippen MR) is 45.8 cm³/mol. The second-order valence-corrected chi connectivity index (χ2v) is 4.13. The summed E-state index contributed by atoms with van der Waals surface area (Å²) in [6.07, 6.45) is 0.960. The fourth-order valence-electron chi connectivity index (χ4n) is 0.633. The Bertz CT molecular complexity index is 372. The topological polar surface area (TPSA) is 43.4 Å². The largest absolute Gasteiger partial charge is 0.382 e. The predicted octanol–water partition coefficient (Wildman–Crippen LogP) is 1.48. The minimum Gasteiger partial charge on any atom is -0.382 e. The summed E-state index contributed by atoms with van der Waals surface area (Å²) in [6.45, 7) is 0. The Morgan fingerprint density at radius 3 is 2.67 bits per heavy atom. The molecule has 0 aliphatic carbocycles. The molecule has 0 saturated carbocycles. The van der Waals surface area contributed by atoms with Crippen LogP contribution in [-0.2, 0) is 10.1 Å². The molecule has 0 N–H and O–H groups in total. The summed E-state index contributed by atoms with van der Waals surface area (Å²) < 4.78 is 25.8. The van der Waals surface area contributed by atoms with Crippen LogP contribution in [0.4, 0.5) is 0 Å². The lowest BCUT2D eigenvalue weighted by Crippen LogP contribution is -2.05. The molecule has 0 heterocycles. The van der Waals surface area contributed by atoms with Crippen molar-refractivity contribution in [1.82, 2.24) is 0 Å². The lowest BCUT2D eigenvalue weighted by atomic mass is 10.3. The molecule has 0 aliphatic rings. The molecule has 0 bridgehead atoms. The number of benzene rings is 1. The van der Waals surface area contributed by atoms with Crippen molar-refractivity contribution in [3.63, 3.8) is 0 Å². The number of hydrogen-bond donors (Lipinski definition) is 0. The fourth-order valence-corrected chi connectivity index (χ4v) is 1.22. The van der Waals surface area contributed by atoms with Crippen molar-refractivity contribution in [2.75, 3.05) is 6.26 Å². The molecular weight excluding hydrogens is 200 g/mol. The lowest BCUT2D eigenvalue weighted by molar-refractivity contribution is 0.492. The zero-order valence-electron chi connectivity index (χ0n) is 6.24. The van der Waals surface area contributed by atoms with Gasteiger partial charge in [0.05, 0.1) is 11.3 Å². The maximum atomic E-state index is 10.6. The Balaban J connectivity index is 2.91. The molecule has 0 saturated heterocycles. The van der Waals surface area contributed by atoms with Gasteiger partial charge in [0.15, 0.2) is 5.75 Å². The van der Waals surface area contributed by atoms with E-state index < -0.39 is 10.1 Å². The lowest BCUT2D eigenvalue weighted by Gasteiger charge is -2.00. The minimum atomic E-state index is -3.48. The minimum absolute atomic E-state index is 0.102. The van der Waals surface area contributed by atoms with Gasteiger partial charge in [0.1, 0.15) is 0 Å². The first kappa shape index (κ1) is 9.35. The van der Waals surface area contributed by atoms with E-state index in [1.54, 1.807) is 12.1 Å². The molecule has 0 aromatic heterocycles. The maximum Gasteiger partial charge on any atom is 0.306 e. The Morgan fingerprint density at radius 1 is 1.50 bits per heavy atom. The Hall–Kier alpha value is -0.740. The standard InChI is InChI=1S/C7H6ClO3S/c1-12(9,10)11-7-4-2-3-6(8)5-7/h2-4H,1H3. The SMILES string of the molecule is CS(=O)(=O)Oc1[c]c(Cl)ccc1. The summed E-state index contributed by atoms with van der Waals surface area (Å²) >= 11 is 5.54. The normalized spacial score (nSPS) is 11.2. The van der Waals surface area contributed by atoms with Crippen LogP contribution in [0.15, 0.2) is 18.2 Å². The molecule has 0 amide bonds. The second kappa shape index (κ2) is 3.33. The summed E-state index contributed by atoms with van der Waals surface area (Å²) in [5.74, 6) is 0.102.